The molecule has 170 valence electrons. The summed E-state index contributed by atoms with van der Waals surface area (Å²) in [5.74, 6) is 0. The summed E-state index contributed by atoms with van der Waals surface area (Å²) >= 11 is 0. The quantitative estimate of drug-likeness (QED) is 0.187. The van der Waals surface area contributed by atoms with Crippen molar-refractivity contribution in [2.75, 3.05) is 0 Å². The van der Waals surface area contributed by atoms with Crippen LogP contribution in [0.4, 0.5) is 5.69 Å². The topological polar surface area (TPSA) is 108 Å². The zero-order chi connectivity index (χ0) is 23.3. The number of nitro groups is 1. The molecule has 1 aliphatic rings. The minimum atomic E-state index is -0.327. The van der Waals surface area contributed by atoms with Gasteiger partial charge in [0.15, 0.2) is 0 Å². The molecule has 0 aliphatic heterocycles. The van der Waals surface area contributed by atoms with Gasteiger partial charge in [0.25, 0.3) is 5.69 Å². The number of nitro benzene ring substituents is 1. The van der Waals surface area contributed by atoms with Gasteiger partial charge in [0.05, 0.1) is 16.3 Å². The van der Waals surface area contributed by atoms with Crippen LogP contribution in [0.25, 0.3) is 11.1 Å². The molecular formula is C25H31N3O4. The number of benzene rings is 2. The molecule has 3 rings (SSSR count). The molecule has 7 heteroatoms. The maximum absolute atomic E-state index is 11.6. The Morgan fingerprint density at radius 2 is 1.56 bits per heavy atom. The maximum Gasteiger partial charge on any atom is 0.269 e. The summed E-state index contributed by atoms with van der Waals surface area (Å²) < 4.78 is 0. The number of rotatable bonds is 10. The Morgan fingerprint density at radius 1 is 0.969 bits per heavy atom. The molecule has 0 amide bonds. The first-order valence-corrected chi connectivity index (χ1v) is 11.2. The summed E-state index contributed by atoms with van der Waals surface area (Å²) in [6.07, 6.45) is 6.10. The number of unbranched alkanes of at least 4 members (excludes halogenated alkanes) is 2. The van der Waals surface area contributed by atoms with E-state index in [1.54, 1.807) is 19.1 Å². The molecule has 0 unspecified atom stereocenters. The van der Waals surface area contributed by atoms with Gasteiger partial charge in [0.2, 0.25) is 0 Å². The molecule has 0 spiro atoms. The highest BCUT2D eigenvalue weighted by Crippen LogP contribution is 2.55. The highest BCUT2D eigenvalue weighted by Gasteiger charge is 2.43. The molecule has 0 aromatic heterocycles. The van der Waals surface area contributed by atoms with Crippen molar-refractivity contribution in [1.29, 1.82) is 0 Å². The first kappa shape index (κ1) is 23.4. The lowest BCUT2D eigenvalue weighted by Gasteiger charge is -2.32. The Hall–Kier alpha value is -3.22. The molecule has 0 heterocycles. The van der Waals surface area contributed by atoms with Crippen molar-refractivity contribution in [2.24, 2.45) is 10.3 Å². The second kappa shape index (κ2) is 9.94. The Morgan fingerprint density at radius 3 is 2.09 bits per heavy atom. The van der Waals surface area contributed by atoms with Crippen molar-refractivity contribution in [3.8, 4) is 11.1 Å². The van der Waals surface area contributed by atoms with Crippen LogP contribution in [0.2, 0.25) is 0 Å². The second-order valence-corrected chi connectivity index (χ2v) is 8.60. The van der Waals surface area contributed by atoms with E-state index in [9.17, 15) is 15.3 Å². The molecular weight excluding hydrogens is 406 g/mol. The Labute approximate surface area is 188 Å². The summed E-state index contributed by atoms with van der Waals surface area (Å²) in [7, 11) is 0. The van der Waals surface area contributed by atoms with Crippen LogP contribution in [0, 0.1) is 10.1 Å². The first-order valence-electron chi connectivity index (χ1n) is 11.2. The van der Waals surface area contributed by atoms with Crippen molar-refractivity contribution in [3.63, 3.8) is 0 Å². The predicted molar refractivity (Wildman–Crippen MR) is 126 cm³/mol. The number of fused-ring (bicyclic) bond motifs is 3. The van der Waals surface area contributed by atoms with E-state index in [2.05, 4.69) is 30.2 Å². The van der Waals surface area contributed by atoms with Crippen molar-refractivity contribution >= 4 is 17.1 Å². The number of oxime groups is 2. The van der Waals surface area contributed by atoms with Crippen molar-refractivity contribution in [2.45, 2.75) is 71.1 Å². The molecule has 2 aromatic carbocycles. The smallest absolute Gasteiger partial charge is 0.269 e. The zero-order valence-electron chi connectivity index (χ0n) is 19.0. The standard InChI is InChI=1S/C25H31N3O4/c1-4-6-12-25(13-7-5-2)22-15-18(24(27-30)14-17(3)26-29)8-10-20(22)21-11-9-19(28(31)32)16-23(21)25/h8-11,15-16,29-30H,4-7,12-14H2,1-3H3. The fourth-order valence-electron chi connectivity index (χ4n) is 4.87. The van der Waals surface area contributed by atoms with Crippen molar-refractivity contribution < 1.29 is 15.3 Å². The summed E-state index contributed by atoms with van der Waals surface area (Å²) in [5.41, 5.74) is 5.69. The van der Waals surface area contributed by atoms with Gasteiger partial charge in [0.1, 0.15) is 0 Å². The molecule has 0 bridgehead atoms. The number of hydrogen-bond acceptors (Lipinski definition) is 6. The average molecular weight is 438 g/mol. The van der Waals surface area contributed by atoms with Gasteiger partial charge in [-0.3, -0.25) is 10.1 Å². The lowest BCUT2D eigenvalue weighted by Crippen LogP contribution is -2.26. The van der Waals surface area contributed by atoms with Gasteiger partial charge >= 0.3 is 0 Å². The number of hydrogen-bond donors (Lipinski definition) is 2. The van der Waals surface area contributed by atoms with Crippen molar-refractivity contribution in [1.82, 2.24) is 0 Å². The summed E-state index contributed by atoms with van der Waals surface area (Å²) in [5, 5.41) is 36.9. The third-order valence-corrected chi connectivity index (χ3v) is 6.52. The lowest BCUT2D eigenvalue weighted by atomic mass is 9.70. The minimum absolute atomic E-state index is 0.113. The zero-order valence-corrected chi connectivity index (χ0v) is 19.0. The molecule has 0 fully saturated rings. The average Bonchev–Trinajstić information content (AvgIpc) is 3.08. The maximum atomic E-state index is 11.6. The number of nitrogens with zero attached hydrogens (tertiary/aromatic N) is 3. The predicted octanol–water partition coefficient (Wildman–Crippen LogP) is 6.66. The van der Waals surface area contributed by atoms with E-state index in [0.29, 0.717) is 11.4 Å². The van der Waals surface area contributed by atoms with Crippen LogP contribution in [0.15, 0.2) is 46.7 Å². The van der Waals surface area contributed by atoms with Crippen molar-refractivity contribution in [3.05, 3.63) is 63.2 Å². The van der Waals surface area contributed by atoms with Crippen LogP contribution < -0.4 is 0 Å². The second-order valence-electron chi connectivity index (χ2n) is 8.60. The van der Waals surface area contributed by atoms with Gasteiger partial charge in [-0.1, -0.05) is 62.0 Å². The Balaban J connectivity index is 2.23. The summed E-state index contributed by atoms with van der Waals surface area (Å²) in [6.45, 7) is 5.98. The molecule has 7 nitrogen and oxygen atoms in total. The number of non-ortho nitro benzene ring substituents is 1. The summed E-state index contributed by atoms with van der Waals surface area (Å²) in [4.78, 5) is 11.2. The third-order valence-electron chi connectivity index (χ3n) is 6.52. The highest BCUT2D eigenvalue weighted by atomic mass is 16.6. The van der Waals surface area contributed by atoms with E-state index < -0.39 is 0 Å². The van der Waals surface area contributed by atoms with Crippen LogP contribution in [0.1, 0.15) is 82.4 Å². The van der Waals surface area contributed by atoms with E-state index in [4.69, 9.17) is 5.21 Å². The fraction of sp³-hybridized carbons (Fsp3) is 0.440. The minimum Gasteiger partial charge on any atom is -0.411 e. The van der Waals surface area contributed by atoms with E-state index in [0.717, 1.165) is 66.3 Å². The molecule has 0 saturated heterocycles. The highest BCUT2D eigenvalue weighted by molar-refractivity contribution is 6.12. The van der Waals surface area contributed by atoms with E-state index in [1.807, 2.05) is 18.2 Å². The normalized spacial score (nSPS) is 14.8. The van der Waals surface area contributed by atoms with E-state index >= 15 is 0 Å². The molecule has 32 heavy (non-hydrogen) atoms. The Bertz CT molecular complexity index is 1050. The monoisotopic (exact) mass is 437 g/mol. The molecule has 0 saturated carbocycles. The van der Waals surface area contributed by atoms with Gasteiger partial charge in [-0.05, 0) is 54.2 Å². The Kier molecular flexibility index (Phi) is 7.28. The SMILES string of the molecule is CCCCC1(CCCC)c2cc(C(CC(C)=NO)=NO)ccc2-c2ccc([N+](=O)[O-])cc21. The molecule has 0 atom stereocenters. The van der Waals surface area contributed by atoms with Gasteiger partial charge < -0.3 is 10.4 Å². The molecule has 1 aliphatic carbocycles. The molecule has 0 radical (unpaired) electrons. The van der Waals surface area contributed by atoms with Gasteiger partial charge in [0, 0.05) is 29.5 Å². The van der Waals surface area contributed by atoms with Gasteiger partial charge in [-0.2, -0.15) is 0 Å². The van der Waals surface area contributed by atoms with Crippen LogP contribution in [0.3, 0.4) is 0 Å². The van der Waals surface area contributed by atoms with E-state index in [-0.39, 0.29) is 22.4 Å². The molecule has 2 aromatic rings. The van der Waals surface area contributed by atoms with E-state index in [1.165, 1.54) is 0 Å². The van der Waals surface area contributed by atoms with Crippen LogP contribution in [0.5, 0.6) is 0 Å². The summed E-state index contributed by atoms with van der Waals surface area (Å²) in [6, 6.07) is 11.2. The van der Waals surface area contributed by atoms with Gasteiger partial charge in [-0.25, -0.2) is 0 Å². The first-order chi connectivity index (χ1) is 15.4. The van der Waals surface area contributed by atoms with Gasteiger partial charge in [-0.15, -0.1) is 0 Å². The molecule has 2 N–H and O–H groups in total. The lowest BCUT2D eigenvalue weighted by molar-refractivity contribution is -0.384. The van der Waals surface area contributed by atoms with Crippen LogP contribution in [-0.4, -0.2) is 26.8 Å². The van der Waals surface area contributed by atoms with Crippen LogP contribution in [-0.2, 0) is 5.41 Å². The fourth-order valence-corrected chi connectivity index (χ4v) is 4.87. The van der Waals surface area contributed by atoms with Crippen LogP contribution >= 0.6 is 0 Å². The largest absolute Gasteiger partial charge is 0.411 e. The third kappa shape index (κ3) is 4.24.